The minimum absolute atomic E-state index is 0.0142. The van der Waals surface area contributed by atoms with Gasteiger partial charge in [0.15, 0.2) is 0 Å². The molecule has 9 heteroatoms. The third-order valence-corrected chi connectivity index (χ3v) is 3.42. The summed E-state index contributed by atoms with van der Waals surface area (Å²) < 4.78 is 0. The monoisotopic (exact) mass is 299 g/mol. The van der Waals surface area contributed by atoms with Crippen LogP contribution in [-0.4, -0.2) is 79.5 Å². The molecule has 1 saturated heterocycles. The van der Waals surface area contributed by atoms with Gasteiger partial charge < -0.3 is 20.9 Å². The second-order valence-electron chi connectivity index (χ2n) is 5.22. The van der Waals surface area contributed by atoms with Gasteiger partial charge in [-0.25, -0.2) is 10.6 Å². The van der Waals surface area contributed by atoms with Crippen molar-refractivity contribution < 1.29 is 9.59 Å². The molecular formula is C12H25N7O2. The summed E-state index contributed by atoms with van der Waals surface area (Å²) in [6.07, 6.45) is 1.85. The largest absolute Gasteiger partial charge is 0.368 e. The van der Waals surface area contributed by atoms with Crippen molar-refractivity contribution in [3.05, 3.63) is 0 Å². The molecule has 21 heavy (non-hydrogen) atoms. The van der Waals surface area contributed by atoms with Gasteiger partial charge >= 0.3 is 6.03 Å². The lowest BCUT2D eigenvalue weighted by Gasteiger charge is -2.37. The summed E-state index contributed by atoms with van der Waals surface area (Å²) in [4.78, 5) is 31.2. The van der Waals surface area contributed by atoms with Crippen LogP contribution in [0, 0.1) is 0 Å². The zero-order valence-electron chi connectivity index (χ0n) is 12.9. The van der Waals surface area contributed by atoms with Gasteiger partial charge in [-0.05, 0) is 26.4 Å². The van der Waals surface area contributed by atoms with Gasteiger partial charge in [-0.3, -0.25) is 9.80 Å². The number of aliphatic imine (C=N–C) groups is 1. The molecule has 1 rings (SSSR count). The molecule has 120 valence electrons. The van der Waals surface area contributed by atoms with E-state index in [1.54, 1.807) is 0 Å². The molecular weight excluding hydrogens is 274 g/mol. The molecule has 0 aromatic heterocycles. The summed E-state index contributed by atoms with van der Waals surface area (Å²) >= 11 is 0. The number of hydrazine groups is 1. The number of piperidine rings is 1. The Morgan fingerprint density at radius 2 is 2.14 bits per heavy atom. The standard InChI is InChI=1S/C12H25N7O2/c1-15-12(21)19(9-5-4-6-17(2)7-9)8-10(20)16-11(13)18(3)14/h9H,4-8,14H2,1-3H3,(H,15,21)(H2,13,16,20). The van der Waals surface area contributed by atoms with Crippen molar-refractivity contribution in [1.29, 1.82) is 0 Å². The van der Waals surface area contributed by atoms with Crippen molar-refractivity contribution >= 4 is 17.9 Å². The maximum atomic E-state index is 12.0. The second-order valence-corrected chi connectivity index (χ2v) is 5.22. The van der Waals surface area contributed by atoms with Crippen LogP contribution in [0.3, 0.4) is 0 Å². The van der Waals surface area contributed by atoms with Crippen LogP contribution in [0.2, 0.25) is 0 Å². The minimum Gasteiger partial charge on any atom is -0.368 e. The molecule has 0 bridgehead atoms. The first kappa shape index (κ1) is 17.2. The third-order valence-electron chi connectivity index (χ3n) is 3.42. The topological polar surface area (TPSA) is 120 Å². The summed E-state index contributed by atoms with van der Waals surface area (Å²) in [7, 11) is 5.02. The summed E-state index contributed by atoms with van der Waals surface area (Å²) in [6.45, 7) is 1.61. The van der Waals surface area contributed by atoms with Crippen LogP contribution in [0.4, 0.5) is 4.79 Å². The third kappa shape index (κ3) is 5.20. The van der Waals surface area contributed by atoms with Crippen LogP contribution >= 0.6 is 0 Å². The highest BCUT2D eigenvalue weighted by Crippen LogP contribution is 2.15. The van der Waals surface area contributed by atoms with Crippen molar-refractivity contribution in [2.24, 2.45) is 16.6 Å². The predicted molar refractivity (Wildman–Crippen MR) is 80.3 cm³/mol. The number of nitrogens with one attached hydrogen (secondary N) is 1. The van der Waals surface area contributed by atoms with E-state index in [2.05, 4.69) is 15.2 Å². The number of carbonyl (C=O) groups excluding carboxylic acids is 2. The number of amides is 3. The number of hydrogen-bond donors (Lipinski definition) is 3. The zero-order valence-corrected chi connectivity index (χ0v) is 12.9. The number of urea groups is 1. The lowest BCUT2D eigenvalue weighted by atomic mass is 10.0. The van der Waals surface area contributed by atoms with Gasteiger partial charge in [0.25, 0.3) is 5.91 Å². The van der Waals surface area contributed by atoms with Gasteiger partial charge in [-0.2, -0.15) is 4.99 Å². The zero-order chi connectivity index (χ0) is 16.0. The highest BCUT2D eigenvalue weighted by Gasteiger charge is 2.28. The molecule has 0 saturated carbocycles. The van der Waals surface area contributed by atoms with E-state index in [0.29, 0.717) is 0 Å². The summed E-state index contributed by atoms with van der Waals surface area (Å²) in [5.41, 5.74) is 5.51. The van der Waals surface area contributed by atoms with Crippen molar-refractivity contribution in [3.8, 4) is 0 Å². The van der Waals surface area contributed by atoms with Crippen LogP contribution in [-0.2, 0) is 4.79 Å². The Morgan fingerprint density at radius 3 is 2.67 bits per heavy atom. The molecule has 1 unspecified atom stereocenters. The highest BCUT2D eigenvalue weighted by molar-refractivity contribution is 5.94. The van der Waals surface area contributed by atoms with E-state index in [1.807, 2.05) is 7.05 Å². The van der Waals surface area contributed by atoms with Crippen LogP contribution in [0.15, 0.2) is 4.99 Å². The molecule has 3 amide bonds. The summed E-state index contributed by atoms with van der Waals surface area (Å²) in [6, 6.07) is -0.307. The number of rotatable bonds is 3. The number of nitrogens with zero attached hydrogens (tertiary/aromatic N) is 4. The van der Waals surface area contributed by atoms with Crippen LogP contribution in [0.5, 0.6) is 0 Å². The van der Waals surface area contributed by atoms with E-state index in [0.717, 1.165) is 30.9 Å². The smallest absolute Gasteiger partial charge is 0.317 e. The molecule has 0 spiro atoms. The fraction of sp³-hybridized carbons (Fsp3) is 0.750. The molecule has 1 heterocycles. The molecule has 5 N–H and O–H groups in total. The van der Waals surface area contributed by atoms with Gasteiger partial charge in [-0.15, -0.1) is 0 Å². The SMILES string of the molecule is CNC(=O)N(CC(=O)N=C(N)N(C)N)C1CCCN(C)C1. The van der Waals surface area contributed by atoms with E-state index in [-0.39, 0.29) is 24.6 Å². The first-order valence-electron chi connectivity index (χ1n) is 6.87. The first-order chi connectivity index (χ1) is 9.85. The van der Waals surface area contributed by atoms with E-state index in [1.165, 1.54) is 19.0 Å². The van der Waals surface area contributed by atoms with E-state index in [4.69, 9.17) is 11.6 Å². The van der Waals surface area contributed by atoms with Gasteiger partial charge in [0.1, 0.15) is 6.54 Å². The second kappa shape index (κ2) is 7.79. The Morgan fingerprint density at radius 1 is 1.48 bits per heavy atom. The fourth-order valence-corrected chi connectivity index (χ4v) is 2.29. The van der Waals surface area contributed by atoms with Crippen molar-refractivity contribution in [3.63, 3.8) is 0 Å². The molecule has 0 radical (unpaired) electrons. The van der Waals surface area contributed by atoms with E-state index in [9.17, 15) is 9.59 Å². The number of nitrogens with two attached hydrogens (primary N) is 2. The predicted octanol–water partition coefficient (Wildman–Crippen LogP) is -1.63. The van der Waals surface area contributed by atoms with Crippen LogP contribution < -0.4 is 16.9 Å². The molecule has 1 atom stereocenters. The number of guanidine groups is 1. The summed E-state index contributed by atoms with van der Waals surface area (Å²) in [5.74, 6) is 4.80. The molecule has 9 nitrogen and oxygen atoms in total. The van der Waals surface area contributed by atoms with Crippen LogP contribution in [0.25, 0.3) is 0 Å². The van der Waals surface area contributed by atoms with Crippen molar-refractivity contribution in [2.75, 3.05) is 40.8 Å². The normalized spacial score (nSPS) is 20.0. The Labute approximate surface area is 124 Å². The Kier molecular flexibility index (Phi) is 6.38. The van der Waals surface area contributed by atoms with Gasteiger partial charge in [0, 0.05) is 26.7 Å². The van der Waals surface area contributed by atoms with E-state index >= 15 is 0 Å². The molecule has 1 aliphatic rings. The average molecular weight is 299 g/mol. The number of carbonyl (C=O) groups is 2. The maximum absolute atomic E-state index is 12.0. The average Bonchev–Trinajstić information content (AvgIpc) is 2.43. The molecule has 0 aromatic rings. The fourth-order valence-electron chi connectivity index (χ4n) is 2.29. The lowest BCUT2D eigenvalue weighted by molar-refractivity contribution is -0.119. The maximum Gasteiger partial charge on any atom is 0.317 e. The Bertz CT molecular complexity index is 410. The Balaban J connectivity index is 2.77. The van der Waals surface area contributed by atoms with Crippen molar-refractivity contribution in [2.45, 2.75) is 18.9 Å². The number of likely N-dealkylation sites (tertiary alicyclic amines) is 1. The van der Waals surface area contributed by atoms with Gasteiger partial charge in [0.2, 0.25) is 5.96 Å². The quantitative estimate of drug-likeness (QED) is 0.249. The molecule has 0 aliphatic carbocycles. The summed E-state index contributed by atoms with van der Waals surface area (Å²) in [5, 5.41) is 3.61. The lowest BCUT2D eigenvalue weighted by Crippen LogP contribution is -2.53. The van der Waals surface area contributed by atoms with Gasteiger partial charge in [-0.1, -0.05) is 0 Å². The molecule has 1 fully saturated rings. The number of hydrogen-bond acceptors (Lipinski definition) is 4. The Hall–Kier alpha value is -1.87. The molecule has 0 aromatic carbocycles. The minimum atomic E-state index is -0.498. The van der Waals surface area contributed by atoms with E-state index < -0.39 is 5.91 Å². The van der Waals surface area contributed by atoms with Gasteiger partial charge in [0.05, 0.1) is 0 Å². The van der Waals surface area contributed by atoms with Crippen molar-refractivity contribution in [1.82, 2.24) is 20.1 Å². The van der Waals surface area contributed by atoms with Crippen LogP contribution in [0.1, 0.15) is 12.8 Å². The first-order valence-corrected chi connectivity index (χ1v) is 6.87. The highest BCUT2D eigenvalue weighted by atomic mass is 16.2. The number of likely N-dealkylation sites (N-methyl/N-ethyl adjacent to an activating group) is 1. The molecule has 1 aliphatic heterocycles.